The van der Waals surface area contributed by atoms with Gasteiger partial charge in [-0.3, -0.25) is 0 Å². The third-order valence-corrected chi connectivity index (χ3v) is 3.28. The Morgan fingerprint density at radius 2 is 2.27 bits per heavy atom. The highest BCUT2D eigenvalue weighted by Gasteiger charge is 2.16. The van der Waals surface area contributed by atoms with Crippen LogP contribution in [0.25, 0.3) is 0 Å². The molecule has 1 fully saturated rings. The van der Waals surface area contributed by atoms with Crippen LogP contribution in [0.15, 0.2) is 18.2 Å². The van der Waals surface area contributed by atoms with E-state index in [1.807, 2.05) is 18.2 Å². The first-order valence-electron chi connectivity index (χ1n) is 5.37. The minimum atomic E-state index is 0.659. The Morgan fingerprint density at radius 1 is 1.47 bits per heavy atom. The number of ether oxygens (including phenoxy) is 1. The second-order valence-electron chi connectivity index (χ2n) is 4.03. The largest absolute Gasteiger partial charge is 0.495 e. The fraction of sp³-hybridized carbons (Fsp3) is 0.500. The molecule has 0 aliphatic heterocycles. The van der Waals surface area contributed by atoms with Crippen LogP contribution in [0, 0.1) is 5.92 Å². The summed E-state index contributed by atoms with van der Waals surface area (Å²) in [5, 5.41) is 4.07. The second-order valence-corrected chi connectivity index (χ2v) is 4.43. The van der Waals surface area contributed by atoms with E-state index in [1.165, 1.54) is 19.3 Å². The van der Waals surface area contributed by atoms with Gasteiger partial charge in [0, 0.05) is 18.3 Å². The first-order chi connectivity index (χ1) is 7.29. The molecule has 2 nitrogen and oxygen atoms in total. The summed E-state index contributed by atoms with van der Waals surface area (Å²) in [4.78, 5) is 0. The normalized spacial score (nSPS) is 15.9. The highest BCUT2D eigenvalue weighted by atomic mass is 35.5. The van der Waals surface area contributed by atoms with Crippen molar-refractivity contribution < 1.29 is 4.74 Å². The molecule has 0 atom stereocenters. The Balaban J connectivity index is 1.95. The molecule has 0 amide bonds. The SMILES string of the molecule is COc1cc(NCC2CCC2)ccc1Cl. The predicted molar refractivity (Wildman–Crippen MR) is 63.8 cm³/mol. The monoisotopic (exact) mass is 225 g/mol. The Morgan fingerprint density at radius 3 is 2.87 bits per heavy atom. The van der Waals surface area contributed by atoms with Gasteiger partial charge in [-0.15, -0.1) is 0 Å². The van der Waals surface area contributed by atoms with Crippen LogP contribution in [-0.2, 0) is 0 Å². The van der Waals surface area contributed by atoms with Crippen LogP contribution < -0.4 is 10.1 Å². The molecule has 0 radical (unpaired) electrons. The molecular formula is C12H16ClNO. The van der Waals surface area contributed by atoms with E-state index in [0.717, 1.165) is 23.9 Å². The zero-order valence-corrected chi connectivity index (χ0v) is 9.68. The molecule has 0 aromatic heterocycles. The number of rotatable bonds is 4. The molecule has 0 saturated heterocycles. The minimum Gasteiger partial charge on any atom is -0.495 e. The van der Waals surface area contributed by atoms with Crippen molar-refractivity contribution in [3.8, 4) is 5.75 Å². The third kappa shape index (κ3) is 2.57. The van der Waals surface area contributed by atoms with Crippen molar-refractivity contribution in [2.75, 3.05) is 19.0 Å². The lowest BCUT2D eigenvalue weighted by Crippen LogP contribution is -2.20. The van der Waals surface area contributed by atoms with E-state index in [1.54, 1.807) is 7.11 Å². The molecular weight excluding hydrogens is 210 g/mol. The molecule has 0 heterocycles. The lowest BCUT2D eigenvalue weighted by Gasteiger charge is -2.25. The van der Waals surface area contributed by atoms with Crippen LogP contribution in [0.5, 0.6) is 5.75 Å². The summed E-state index contributed by atoms with van der Waals surface area (Å²) in [6.45, 7) is 1.06. The zero-order valence-electron chi connectivity index (χ0n) is 8.92. The van der Waals surface area contributed by atoms with Crippen molar-refractivity contribution in [2.24, 2.45) is 5.92 Å². The number of hydrogen-bond acceptors (Lipinski definition) is 2. The quantitative estimate of drug-likeness (QED) is 0.846. The molecule has 2 rings (SSSR count). The maximum absolute atomic E-state index is 5.94. The Labute approximate surface area is 95.6 Å². The average molecular weight is 226 g/mol. The summed E-state index contributed by atoms with van der Waals surface area (Å²) in [5.74, 6) is 1.59. The summed E-state index contributed by atoms with van der Waals surface area (Å²) in [7, 11) is 1.64. The lowest BCUT2D eigenvalue weighted by atomic mass is 9.85. The molecule has 0 bridgehead atoms. The maximum atomic E-state index is 5.94. The van der Waals surface area contributed by atoms with E-state index >= 15 is 0 Å². The molecule has 82 valence electrons. The van der Waals surface area contributed by atoms with Gasteiger partial charge in [0.2, 0.25) is 0 Å². The summed E-state index contributed by atoms with van der Waals surface area (Å²) < 4.78 is 5.16. The summed E-state index contributed by atoms with van der Waals surface area (Å²) in [6, 6.07) is 5.80. The van der Waals surface area contributed by atoms with Crippen LogP contribution >= 0.6 is 11.6 Å². The molecule has 1 N–H and O–H groups in total. The number of hydrogen-bond donors (Lipinski definition) is 1. The Bertz CT molecular complexity index is 336. The van der Waals surface area contributed by atoms with E-state index < -0.39 is 0 Å². The maximum Gasteiger partial charge on any atom is 0.139 e. The van der Waals surface area contributed by atoms with Crippen molar-refractivity contribution in [3.63, 3.8) is 0 Å². The number of benzene rings is 1. The van der Waals surface area contributed by atoms with Gasteiger partial charge in [0.05, 0.1) is 12.1 Å². The van der Waals surface area contributed by atoms with Crippen LogP contribution in [0.3, 0.4) is 0 Å². The van der Waals surface area contributed by atoms with Gasteiger partial charge < -0.3 is 10.1 Å². The molecule has 1 aromatic carbocycles. The average Bonchev–Trinajstić information content (AvgIpc) is 2.18. The third-order valence-electron chi connectivity index (χ3n) is 2.97. The van der Waals surface area contributed by atoms with Crippen molar-refractivity contribution in [3.05, 3.63) is 23.2 Å². The van der Waals surface area contributed by atoms with Crippen LogP contribution in [0.2, 0.25) is 5.02 Å². The van der Waals surface area contributed by atoms with E-state index in [-0.39, 0.29) is 0 Å². The summed E-state index contributed by atoms with van der Waals surface area (Å²) in [5.41, 5.74) is 1.09. The zero-order chi connectivity index (χ0) is 10.7. The van der Waals surface area contributed by atoms with Crippen molar-refractivity contribution >= 4 is 17.3 Å². The van der Waals surface area contributed by atoms with E-state index in [2.05, 4.69) is 5.32 Å². The molecule has 15 heavy (non-hydrogen) atoms. The fourth-order valence-electron chi connectivity index (χ4n) is 1.73. The summed E-state index contributed by atoms with van der Waals surface area (Å²) in [6.07, 6.45) is 4.10. The Hall–Kier alpha value is -0.890. The smallest absolute Gasteiger partial charge is 0.139 e. The lowest BCUT2D eigenvalue weighted by molar-refractivity contribution is 0.333. The van der Waals surface area contributed by atoms with Gasteiger partial charge in [0.25, 0.3) is 0 Å². The minimum absolute atomic E-state index is 0.659. The summed E-state index contributed by atoms with van der Waals surface area (Å²) >= 11 is 5.94. The molecule has 1 saturated carbocycles. The van der Waals surface area contributed by atoms with Gasteiger partial charge in [-0.05, 0) is 30.9 Å². The number of halogens is 1. The fourth-order valence-corrected chi connectivity index (χ4v) is 1.92. The predicted octanol–water partition coefficient (Wildman–Crippen LogP) is 3.56. The highest BCUT2D eigenvalue weighted by Crippen LogP contribution is 2.29. The topological polar surface area (TPSA) is 21.3 Å². The Kier molecular flexibility index (Phi) is 3.37. The van der Waals surface area contributed by atoms with Gasteiger partial charge in [-0.1, -0.05) is 18.0 Å². The molecule has 3 heteroatoms. The van der Waals surface area contributed by atoms with E-state index in [9.17, 15) is 0 Å². The van der Waals surface area contributed by atoms with Crippen LogP contribution in [0.4, 0.5) is 5.69 Å². The van der Waals surface area contributed by atoms with E-state index in [0.29, 0.717) is 5.02 Å². The van der Waals surface area contributed by atoms with Gasteiger partial charge >= 0.3 is 0 Å². The van der Waals surface area contributed by atoms with Gasteiger partial charge in [0.15, 0.2) is 0 Å². The molecule has 0 unspecified atom stereocenters. The number of methoxy groups -OCH3 is 1. The van der Waals surface area contributed by atoms with Crippen molar-refractivity contribution in [1.29, 1.82) is 0 Å². The second kappa shape index (κ2) is 4.75. The standard InChI is InChI=1S/C12H16ClNO/c1-15-12-7-10(5-6-11(12)13)14-8-9-3-2-4-9/h5-7,9,14H,2-4,8H2,1H3. The molecule has 1 aromatic rings. The molecule has 1 aliphatic rings. The first kappa shape index (κ1) is 10.6. The highest BCUT2D eigenvalue weighted by molar-refractivity contribution is 6.32. The number of anilines is 1. The van der Waals surface area contributed by atoms with Crippen LogP contribution in [0.1, 0.15) is 19.3 Å². The van der Waals surface area contributed by atoms with E-state index in [4.69, 9.17) is 16.3 Å². The molecule has 0 spiro atoms. The first-order valence-corrected chi connectivity index (χ1v) is 5.75. The van der Waals surface area contributed by atoms with Gasteiger partial charge in [-0.2, -0.15) is 0 Å². The van der Waals surface area contributed by atoms with Gasteiger partial charge in [0.1, 0.15) is 5.75 Å². The number of nitrogens with one attached hydrogen (secondary N) is 1. The van der Waals surface area contributed by atoms with Crippen molar-refractivity contribution in [2.45, 2.75) is 19.3 Å². The molecule has 1 aliphatic carbocycles. The van der Waals surface area contributed by atoms with Gasteiger partial charge in [-0.25, -0.2) is 0 Å². The van der Waals surface area contributed by atoms with Crippen molar-refractivity contribution in [1.82, 2.24) is 0 Å². The van der Waals surface area contributed by atoms with Crippen LogP contribution in [-0.4, -0.2) is 13.7 Å².